The van der Waals surface area contributed by atoms with E-state index in [0.717, 1.165) is 0 Å². The fraction of sp³-hybridized carbons (Fsp3) is 0.583. The van der Waals surface area contributed by atoms with Crippen LogP contribution in [0.4, 0.5) is 4.79 Å². The van der Waals surface area contributed by atoms with Crippen LogP contribution in [-0.2, 0) is 33.3 Å². The lowest BCUT2D eigenvalue weighted by molar-refractivity contribution is -0.141. The van der Waals surface area contributed by atoms with Crippen molar-refractivity contribution in [3.8, 4) is 0 Å². The summed E-state index contributed by atoms with van der Waals surface area (Å²) in [7, 11) is -5.89. The Bertz CT molecular complexity index is 980. The first-order valence-electron chi connectivity index (χ1n) is 11.4. The van der Waals surface area contributed by atoms with Gasteiger partial charge in [0.1, 0.15) is 12.7 Å². The summed E-state index contributed by atoms with van der Waals surface area (Å²) < 4.78 is 47.4. The van der Waals surface area contributed by atoms with Crippen LogP contribution in [0.25, 0.3) is 0 Å². The lowest BCUT2D eigenvalue weighted by atomic mass is 10.1. The molecule has 1 heterocycles. The van der Waals surface area contributed by atoms with Crippen molar-refractivity contribution < 1.29 is 36.6 Å². The maximum absolute atomic E-state index is 12.9. The van der Waals surface area contributed by atoms with Gasteiger partial charge < -0.3 is 18.6 Å². The van der Waals surface area contributed by atoms with E-state index in [0.29, 0.717) is 5.57 Å². The van der Waals surface area contributed by atoms with Gasteiger partial charge in [-0.15, -0.1) is 0 Å². The Morgan fingerprint density at radius 2 is 1.79 bits per heavy atom. The summed E-state index contributed by atoms with van der Waals surface area (Å²) in [6.07, 6.45) is 0.766. The maximum atomic E-state index is 12.9. The van der Waals surface area contributed by atoms with Gasteiger partial charge in [0.05, 0.1) is 18.1 Å². The van der Waals surface area contributed by atoms with Crippen molar-refractivity contribution in [1.82, 2.24) is 0 Å². The summed E-state index contributed by atoms with van der Waals surface area (Å²) in [5.74, 6) is -0.746. The third kappa shape index (κ3) is 7.41. The molecule has 0 radical (unpaired) electrons. The molecule has 8 nitrogen and oxygen atoms in total. The highest BCUT2D eigenvalue weighted by atomic mass is 32.2. The van der Waals surface area contributed by atoms with E-state index in [4.69, 9.17) is 18.6 Å². The van der Waals surface area contributed by atoms with E-state index in [1.807, 2.05) is 0 Å². The van der Waals surface area contributed by atoms with Gasteiger partial charge in [-0.05, 0) is 42.8 Å². The summed E-state index contributed by atoms with van der Waals surface area (Å²) >= 11 is 0. The number of ether oxygens (including phenoxy) is 3. The zero-order valence-corrected chi connectivity index (χ0v) is 22.6. The number of cyclic esters (lactones) is 1. The van der Waals surface area contributed by atoms with Gasteiger partial charge in [0.15, 0.2) is 23.4 Å². The average Bonchev–Trinajstić information content (AvgIpc) is 3.14. The minimum atomic E-state index is -3.83. The summed E-state index contributed by atoms with van der Waals surface area (Å²) in [5, 5.41) is -1.24. The second-order valence-corrected chi connectivity index (χ2v) is 16.7. The van der Waals surface area contributed by atoms with E-state index in [-0.39, 0.29) is 42.6 Å². The van der Waals surface area contributed by atoms with Gasteiger partial charge >= 0.3 is 12.1 Å². The van der Waals surface area contributed by atoms with Gasteiger partial charge in [-0.25, -0.2) is 13.2 Å². The van der Waals surface area contributed by atoms with Gasteiger partial charge in [0.25, 0.3) is 0 Å². The number of hydrogen-bond acceptors (Lipinski definition) is 8. The minimum absolute atomic E-state index is 0.000109. The zero-order chi connectivity index (χ0) is 25.6. The SMILES string of the molecule is CCOC(=O)OC/C(=C/C[C@H]1CC(S(=O)(=O)c2ccccc2)C(=O)O1)CO[Si](C)(C)C(C)(C)C. The fourth-order valence-electron chi connectivity index (χ4n) is 3.05. The molecule has 0 spiro atoms. The molecule has 0 aliphatic carbocycles. The lowest BCUT2D eigenvalue weighted by Crippen LogP contribution is -2.41. The van der Waals surface area contributed by atoms with Gasteiger partial charge in [-0.3, -0.25) is 4.79 Å². The quantitative estimate of drug-likeness (QED) is 0.253. The van der Waals surface area contributed by atoms with Crippen LogP contribution in [0.3, 0.4) is 0 Å². The first kappa shape index (κ1) is 28.1. The highest BCUT2D eigenvalue weighted by Crippen LogP contribution is 2.37. The summed E-state index contributed by atoms with van der Waals surface area (Å²) in [6.45, 7) is 12.7. The number of sulfone groups is 1. The van der Waals surface area contributed by atoms with Crippen molar-refractivity contribution in [3.63, 3.8) is 0 Å². The molecule has 34 heavy (non-hydrogen) atoms. The highest BCUT2D eigenvalue weighted by molar-refractivity contribution is 7.92. The zero-order valence-electron chi connectivity index (χ0n) is 20.8. The number of benzene rings is 1. The molecule has 1 saturated heterocycles. The summed E-state index contributed by atoms with van der Waals surface area (Å²) in [5.41, 5.74) is 0.697. The normalized spacial score (nSPS) is 19.6. The molecule has 1 aliphatic heterocycles. The van der Waals surface area contributed by atoms with Crippen LogP contribution in [-0.4, -0.2) is 60.0 Å². The molecule has 0 aromatic heterocycles. The van der Waals surface area contributed by atoms with E-state index in [2.05, 4.69) is 33.9 Å². The van der Waals surface area contributed by atoms with Crippen molar-refractivity contribution in [2.75, 3.05) is 19.8 Å². The monoisotopic (exact) mass is 512 g/mol. The first-order chi connectivity index (χ1) is 15.8. The van der Waals surface area contributed by atoms with Gasteiger partial charge in [-0.1, -0.05) is 45.0 Å². The maximum Gasteiger partial charge on any atom is 0.508 e. The molecule has 0 amide bonds. The van der Waals surface area contributed by atoms with Gasteiger partial charge in [-0.2, -0.15) is 0 Å². The Labute approximate surface area is 203 Å². The predicted molar refractivity (Wildman–Crippen MR) is 131 cm³/mol. The molecule has 2 rings (SSSR count). The predicted octanol–water partition coefficient (Wildman–Crippen LogP) is 4.66. The number of carbonyl (C=O) groups is 2. The van der Waals surface area contributed by atoms with E-state index in [1.54, 1.807) is 31.2 Å². The van der Waals surface area contributed by atoms with Crippen LogP contribution in [0.5, 0.6) is 0 Å². The standard InChI is InChI=1S/C24H36O8SSi/c1-7-29-23(26)30-16-18(17-31-34(5,6)24(2,3)4)13-14-19-15-21(22(25)32-19)33(27,28)20-11-9-8-10-12-20/h8-13,19,21H,7,14-17H2,1-6H3/b18-13-/t19-,21?/m0/s1. The van der Waals surface area contributed by atoms with E-state index < -0.39 is 41.6 Å². The van der Waals surface area contributed by atoms with Gasteiger partial charge in [0, 0.05) is 12.8 Å². The molecule has 1 fully saturated rings. The third-order valence-electron chi connectivity index (χ3n) is 6.20. The van der Waals surface area contributed by atoms with Crippen LogP contribution >= 0.6 is 0 Å². The van der Waals surface area contributed by atoms with Crippen molar-refractivity contribution >= 4 is 30.3 Å². The fourth-order valence-corrected chi connectivity index (χ4v) is 5.68. The molecular weight excluding hydrogens is 476 g/mol. The summed E-state index contributed by atoms with van der Waals surface area (Å²) in [4.78, 5) is 24.1. The molecule has 10 heteroatoms. The van der Waals surface area contributed by atoms with Crippen LogP contribution in [0.1, 0.15) is 40.5 Å². The van der Waals surface area contributed by atoms with Crippen LogP contribution in [0.2, 0.25) is 18.1 Å². The molecule has 1 unspecified atom stereocenters. The Balaban J connectivity index is 2.10. The van der Waals surface area contributed by atoms with Crippen LogP contribution < -0.4 is 0 Å². The van der Waals surface area contributed by atoms with E-state index in [1.165, 1.54) is 12.1 Å². The minimum Gasteiger partial charge on any atom is -0.461 e. The first-order valence-corrected chi connectivity index (χ1v) is 15.8. The average molecular weight is 513 g/mol. The second-order valence-electron chi connectivity index (χ2n) is 9.76. The van der Waals surface area contributed by atoms with E-state index >= 15 is 0 Å². The van der Waals surface area contributed by atoms with Gasteiger partial charge in [0.2, 0.25) is 0 Å². The highest BCUT2D eigenvalue weighted by Gasteiger charge is 2.43. The second kappa shape index (κ2) is 11.5. The Kier molecular flexibility index (Phi) is 9.50. The number of rotatable bonds is 10. The van der Waals surface area contributed by atoms with Crippen LogP contribution in [0, 0.1) is 0 Å². The molecule has 1 aromatic carbocycles. The molecule has 1 aromatic rings. The summed E-state index contributed by atoms with van der Waals surface area (Å²) in [6, 6.07) is 7.89. The lowest BCUT2D eigenvalue weighted by Gasteiger charge is -2.36. The van der Waals surface area contributed by atoms with Crippen LogP contribution in [0.15, 0.2) is 46.9 Å². The topological polar surface area (TPSA) is 105 Å². The Morgan fingerprint density at radius 1 is 1.15 bits per heavy atom. The third-order valence-corrected chi connectivity index (χ3v) is 12.7. The van der Waals surface area contributed by atoms with Crippen molar-refractivity contribution in [1.29, 1.82) is 0 Å². The van der Waals surface area contributed by atoms with Crippen molar-refractivity contribution in [3.05, 3.63) is 42.0 Å². The molecule has 0 bridgehead atoms. The Morgan fingerprint density at radius 3 is 2.38 bits per heavy atom. The number of esters is 1. The Hall–Kier alpha value is -2.17. The number of hydrogen-bond donors (Lipinski definition) is 0. The van der Waals surface area contributed by atoms with Crippen molar-refractivity contribution in [2.24, 2.45) is 0 Å². The molecule has 2 atom stereocenters. The molecule has 190 valence electrons. The molecule has 1 aliphatic rings. The number of carbonyl (C=O) groups excluding carboxylic acids is 2. The molecular formula is C24H36O8SSi. The van der Waals surface area contributed by atoms with Crippen molar-refractivity contribution in [2.45, 2.75) is 74.9 Å². The van der Waals surface area contributed by atoms with E-state index in [9.17, 15) is 18.0 Å². The molecule has 0 N–H and O–H groups in total. The largest absolute Gasteiger partial charge is 0.508 e. The smallest absolute Gasteiger partial charge is 0.461 e. The molecule has 0 saturated carbocycles.